The Kier molecular flexibility index (Phi) is 2.66. The minimum Gasteiger partial charge on any atom is -0.327 e. The van der Waals surface area contributed by atoms with Crippen LogP contribution in [0.25, 0.3) is 0 Å². The summed E-state index contributed by atoms with van der Waals surface area (Å²) in [6, 6.07) is 0.0150. The van der Waals surface area contributed by atoms with Crippen molar-refractivity contribution in [3.63, 3.8) is 0 Å². The normalized spacial score (nSPS) is 22.8. The van der Waals surface area contributed by atoms with Crippen LogP contribution < -0.4 is 5.73 Å². The molecule has 2 N–H and O–H groups in total. The van der Waals surface area contributed by atoms with E-state index < -0.39 is 0 Å². The molecule has 0 spiro atoms. The Bertz CT molecular complexity index is 150. The molecular weight excluding hydrogens is 138 g/mol. The molecule has 2 heteroatoms. The highest BCUT2D eigenvalue weighted by Crippen LogP contribution is 2.33. The average Bonchev–Trinajstić information content (AvgIpc) is 2.69. The first-order chi connectivity index (χ1) is 5.11. The fraction of sp³-hybridized carbons (Fsp3) is 0.889. The third-order valence-electron chi connectivity index (χ3n) is 2.48. The second kappa shape index (κ2) is 3.35. The van der Waals surface area contributed by atoms with Crippen LogP contribution in [0.1, 0.15) is 33.1 Å². The SMILES string of the molecule is CC(N)C(C)C(=O)CC1CC1. The number of carbonyl (C=O) groups is 1. The lowest BCUT2D eigenvalue weighted by molar-refractivity contribution is -0.123. The Morgan fingerprint density at radius 1 is 1.55 bits per heavy atom. The molecule has 0 bridgehead atoms. The van der Waals surface area contributed by atoms with Gasteiger partial charge in [-0.1, -0.05) is 6.92 Å². The summed E-state index contributed by atoms with van der Waals surface area (Å²) in [6.07, 6.45) is 3.26. The zero-order valence-electron chi connectivity index (χ0n) is 7.34. The summed E-state index contributed by atoms with van der Waals surface area (Å²) in [4.78, 5) is 11.4. The second-order valence-corrected chi connectivity index (χ2v) is 3.76. The molecule has 2 unspecified atom stereocenters. The molecule has 1 fully saturated rings. The Morgan fingerprint density at radius 2 is 2.09 bits per heavy atom. The lowest BCUT2D eigenvalue weighted by Crippen LogP contribution is -2.30. The Labute approximate surface area is 68.2 Å². The van der Waals surface area contributed by atoms with E-state index in [2.05, 4.69) is 0 Å². The van der Waals surface area contributed by atoms with E-state index in [0.29, 0.717) is 11.7 Å². The van der Waals surface area contributed by atoms with E-state index in [1.807, 2.05) is 13.8 Å². The van der Waals surface area contributed by atoms with Crippen LogP contribution in [0.2, 0.25) is 0 Å². The molecule has 0 radical (unpaired) electrons. The van der Waals surface area contributed by atoms with Gasteiger partial charge in [-0.05, 0) is 25.7 Å². The molecule has 0 heterocycles. The minimum absolute atomic E-state index is 0.0150. The van der Waals surface area contributed by atoms with Gasteiger partial charge in [-0.2, -0.15) is 0 Å². The molecule has 0 aromatic rings. The molecule has 1 aliphatic rings. The zero-order chi connectivity index (χ0) is 8.43. The van der Waals surface area contributed by atoms with Crippen LogP contribution in [0, 0.1) is 11.8 Å². The highest BCUT2D eigenvalue weighted by atomic mass is 16.1. The molecule has 11 heavy (non-hydrogen) atoms. The van der Waals surface area contributed by atoms with Gasteiger partial charge in [0.25, 0.3) is 0 Å². The Balaban J connectivity index is 2.26. The summed E-state index contributed by atoms with van der Waals surface area (Å²) < 4.78 is 0. The van der Waals surface area contributed by atoms with Crippen molar-refractivity contribution in [2.75, 3.05) is 0 Å². The molecule has 0 saturated heterocycles. The van der Waals surface area contributed by atoms with Gasteiger partial charge in [0.1, 0.15) is 5.78 Å². The number of carbonyl (C=O) groups excluding carboxylic acids is 1. The maximum absolute atomic E-state index is 11.4. The molecule has 0 amide bonds. The first-order valence-corrected chi connectivity index (χ1v) is 4.39. The van der Waals surface area contributed by atoms with Gasteiger partial charge in [0.15, 0.2) is 0 Å². The summed E-state index contributed by atoms with van der Waals surface area (Å²) in [5, 5.41) is 0. The fourth-order valence-corrected chi connectivity index (χ4v) is 1.09. The average molecular weight is 155 g/mol. The highest BCUT2D eigenvalue weighted by Gasteiger charge is 2.27. The first-order valence-electron chi connectivity index (χ1n) is 4.39. The monoisotopic (exact) mass is 155 g/mol. The van der Waals surface area contributed by atoms with Crippen molar-refractivity contribution in [3.05, 3.63) is 0 Å². The van der Waals surface area contributed by atoms with Crippen LogP contribution in [0.15, 0.2) is 0 Å². The second-order valence-electron chi connectivity index (χ2n) is 3.76. The van der Waals surface area contributed by atoms with E-state index in [0.717, 1.165) is 6.42 Å². The molecule has 0 aliphatic heterocycles. The van der Waals surface area contributed by atoms with Gasteiger partial charge in [-0.15, -0.1) is 0 Å². The van der Waals surface area contributed by atoms with Crippen LogP contribution in [0.4, 0.5) is 0 Å². The number of Topliss-reactive ketones (excluding diaryl/α,β-unsaturated/α-hetero) is 1. The summed E-state index contributed by atoms with van der Waals surface area (Å²) in [5.74, 6) is 1.10. The molecule has 1 aliphatic carbocycles. The third-order valence-corrected chi connectivity index (χ3v) is 2.48. The van der Waals surface area contributed by atoms with Crippen molar-refractivity contribution in [3.8, 4) is 0 Å². The quantitative estimate of drug-likeness (QED) is 0.665. The van der Waals surface area contributed by atoms with Crippen molar-refractivity contribution in [2.45, 2.75) is 39.2 Å². The molecule has 1 rings (SSSR count). The summed E-state index contributed by atoms with van der Waals surface area (Å²) in [5.41, 5.74) is 5.61. The maximum atomic E-state index is 11.4. The smallest absolute Gasteiger partial charge is 0.137 e. The van der Waals surface area contributed by atoms with Crippen LogP contribution in [0.5, 0.6) is 0 Å². The van der Waals surface area contributed by atoms with E-state index in [-0.39, 0.29) is 12.0 Å². The Hall–Kier alpha value is -0.370. The fourth-order valence-electron chi connectivity index (χ4n) is 1.09. The molecular formula is C9H17NO. The van der Waals surface area contributed by atoms with E-state index in [1.54, 1.807) is 0 Å². The van der Waals surface area contributed by atoms with Crippen molar-refractivity contribution in [1.29, 1.82) is 0 Å². The van der Waals surface area contributed by atoms with E-state index in [4.69, 9.17) is 5.73 Å². The molecule has 64 valence electrons. The number of hydrogen-bond acceptors (Lipinski definition) is 2. The van der Waals surface area contributed by atoms with Gasteiger partial charge in [-0.25, -0.2) is 0 Å². The van der Waals surface area contributed by atoms with Crippen molar-refractivity contribution in [2.24, 2.45) is 17.6 Å². The summed E-state index contributed by atoms with van der Waals surface area (Å²) in [7, 11) is 0. The summed E-state index contributed by atoms with van der Waals surface area (Å²) >= 11 is 0. The topological polar surface area (TPSA) is 43.1 Å². The highest BCUT2D eigenvalue weighted by molar-refractivity contribution is 5.81. The van der Waals surface area contributed by atoms with Crippen molar-refractivity contribution >= 4 is 5.78 Å². The van der Waals surface area contributed by atoms with E-state index in [1.165, 1.54) is 12.8 Å². The van der Waals surface area contributed by atoms with Crippen LogP contribution in [-0.2, 0) is 4.79 Å². The van der Waals surface area contributed by atoms with Crippen molar-refractivity contribution in [1.82, 2.24) is 0 Å². The molecule has 0 aromatic carbocycles. The number of nitrogens with two attached hydrogens (primary N) is 1. The summed E-state index contributed by atoms with van der Waals surface area (Å²) in [6.45, 7) is 3.82. The van der Waals surface area contributed by atoms with Gasteiger partial charge in [0.05, 0.1) is 0 Å². The predicted molar refractivity (Wildman–Crippen MR) is 45.2 cm³/mol. The molecule has 0 aromatic heterocycles. The molecule has 1 saturated carbocycles. The van der Waals surface area contributed by atoms with Gasteiger partial charge in [-0.3, -0.25) is 4.79 Å². The van der Waals surface area contributed by atoms with E-state index in [9.17, 15) is 4.79 Å². The van der Waals surface area contributed by atoms with Crippen LogP contribution in [-0.4, -0.2) is 11.8 Å². The van der Waals surface area contributed by atoms with Gasteiger partial charge < -0.3 is 5.73 Å². The van der Waals surface area contributed by atoms with Crippen LogP contribution in [0.3, 0.4) is 0 Å². The number of ketones is 1. The lowest BCUT2D eigenvalue weighted by Gasteiger charge is -2.13. The van der Waals surface area contributed by atoms with Crippen molar-refractivity contribution < 1.29 is 4.79 Å². The van der Waals surface area contributed by atoms with Gasteiger partial charge >= 0.3 is 0 Å². The zero-order valence-corrected chi connectivity index (χ0v) is 7.34. The van der Waals surface area contributed by atoms with Gasteiger partial charge in [0.2, 0.25) is 0 Å². The predicted octanol–water partition coefficient (Wildman–Crippen LogP) is 1.34. The maximum Gasteiger partial charge on any atom is 0.137 e. The lowest BCUT2D eigenvalue weighted by atomic mass is 9.96. The van der Waals surface area contributed by atoms with Crippen LogP contribution >= 0.6 is 0 Å². The number of hydrogen-bond donors (Lipinski definition) is 1. The molecule has 2 nitrogen and oxygen atoms in total. The standard InChI is InChI=1S/C9H17NO/c1-6(7(2)10)9(11)5-8-3-4-8/h6-8H,3-5,10H2,1-2H3. The molecule has 2 atom stereocenters. The minimum atomic E-state index is 0.0150. The number of rotatable bonds is 4. The third kappa shape index (κ3) is 2.62. The van der Waals surface area contributed by atoms with Gasteiger partial charge in [0, 0.05) is 18.4 Å². The first kappa shape index (κ1) is 8.72. The Morgan fingerprint density at radius 3 is 2.45 bits per heavy atom. The van der Waals surface area contributed by atoms with E-state index >= 15 is 0 Å². The largest absolute Gasteiger partial charge is 0.327 e.